The number of carboxylic acids is 1. The van der Waals surface area contributed by atoms with Gasteiger partial charge in [-0.3, -0.25) is 9.78 Å². The van der Waals surface area contributed by atoms with Gasteiger partial charge in [0.2, 0.25) is 5.91 Å². The second kappa shape index (κ2) is 3.85. The summed E-state index contributed by atoms with van der Waals surface area (Å²) >= 11 is 0. The molecule has 0 radical (unpaired) electrons. The van der Waals surface area contributed by atoms with E-state index in [1.165, 1.54) is 12.5 Å². The number of carbonyl (C=O) groups excluding carboxylic acids is 1. The maximum atomic E-state index is 12.4. The zero-order chi connectivity index (χ0) is 14.6. The van der Waals surface area contributed by atoms with Crippen LogP contribution in [0.5, 0.6) is 0 Å². The maximum Gasteiger partial charge on any atom is 0.337 e. The summed E-state index contributed by atoms with van der Waals surface area (Å²) in [5.41, 5.74) is 1.68. The summed E-state index contributed by atoms with van der Waals surface area (Å²) < 4.78 is 0. The lowest BCUT2D eigenvalue weighted by atomic mass is 9.80. The van der Waals surface area contributed by atoms with Crippen molar-refractivity contribution in [2.45, 2.75) is 18.3 Å². The number of aromatic carboxylic acids is 1. The first kappa shape index (κ1) is 12.0. The minimum atomic E-state index is -1.02. The molecule has 0 saturated carbocycles. The Bertz CT molecular complexity index is 805. The SMILES string of the molecule is O=C(O)c1cnc2c(c1)CC1(C2)C(=O)Nc2ncncc21. The summed E-state index contributed by atoms with van der Waals surface area (Å²) in [7, 11) is 0. The van der Waals surface area contributed by atoms with Gasteiger partial charge >= 0.3 is 5.97 Å². The largest absolute Gasteiger partial charge is 0.478 e. The summed E-state index contributed by atoms with van der Waals surface area (Å²) in [5, 5.41) is 11.8. The molecule has 3 heterocycles. The Hall–Kier alpha value is -2.83. The Balaban J connectivity index is 1.83. The first-order chi connectivity index (χ1) is 10.1. The van der Waals surface area contributed by atoms with Crippen molar-refractivity contribution >= 4 is 17.7 Å². The molecule has 104 valence electrons. The van der Waals surface area contributed by atoms with Gasteiger partial charge in [-0.15, -0.1) is 0 Å². The number of rotatable bonds is 1. The number of amides is 1. The molecule has 1 aliphatic heterocycles. The number of carboxylic acid groups (broad SMARTS) is 1. The second-order valence-electron chi connectivity index (χ2n) is 5.31. The zero-order valence-electron chi connectivity index (χ0n) is 10.8. The van der Waals surface area contributed by atoms with Gasteiger partial charge < -0.3 is 10.4 Å². The van der Waals surface area contributed by atoms with Crippen LogP contribution < -0.4 is 5.32 Å². The van der Waals surface area contributed by atoms with Gasteiger partial charge in [0.1, 0.15) is 12.1 Å². The van der Waals surface area contributed by atoms with E-state index < -0.39 is 11.4 Å². The molecule has 4 rings (SSSR count). The van der Waals surface area contributed by atoms with Crippen LogP contribution in [0.3, 0.4) is 0 Å². The molecule has 0 aromatic carbocycles. The van der Waals surface area contributed by atoms with E-state index in [1.54, 1.807) is 12.3 Å². The highest BCUT2D eigenvalue weighted by molar-refractivity contribution is 6.06. The molecular formula is C14H10N4O3. The maximum absolute atomic E-state index is 12.4. The number of fused-ring (bicyclic) bond motifs is 3. The van der Waals surface area contributed by atoms with Gasteiger partial charge in [-0.2, -0.15) is 0 Å². The zero-order valence-corrected chi connectivity index (χ0v) is 10.8. The fourth-order valence-corrected chi connectivity index (χ4v) is 3.12. The van der Waals surface area contributed by atoms with Gasteiger partial charge in [-0.25, -0.2) is 14.8 Å². The molecule has 1 atom stereocenters. The molecule has 1 aliphatic carbocycles. The molecule has 2 N–H and O–H groups in total. The van der Waals surface area contributed by atoms with Crippen LogP contribution in [0.4, 0.5) is 5.82 Å². The standard InChI is InChI=1S/C14H10N4O3/c19-12(20)8-1-7-2-14(3-10(7)16-4-8)9-5-15-6-17-11(9)18-13(14)21/h1,4-6H,2-3H2,(H,19,20)(H,15,17,18,21). The highest BCUT2D eigenvalue weighted by Gasteiger charge is 2.52. The fourth-order valence-electron chi connectivity index (χ4n) is 3.12. The van der Waals surface area contributed by atoms with Crippen molar-refractivity contribution in [2.24, 2.45) is 0 Å². The fraction of sp³-hybridized carbons (Fsp3) is 0.214. The Labute approximate surface area is 119 Å². The Morgan fingerprint density at radius 2 is 2.14 bits per heavy atom. The van der Waals surface area contributed by atoms with Gasteiger partial charge in [0.25, 0.3) is 0 Å². The topological polar surface area (TPSA) is 105 Å². The number of pyridine rings is 1. The van der Waals surface area contributed by atoms with Crippen LogP contribution in [0, 0.1) is 0 Å². The van der Waals surface area contributed by atoms with Crippen LogP contribution in [0.25, 0.3) is 0 Å². The van der Waals surface area contributed by atoms with E-state index in [4.69, 9.17) is 5.11 Å². The van der Waals surface area contributed by atoms with E-state index in [0.29, 0.717) is 18.7 Å². The van der Waals surface area contributed by atoms with Crippen molar-refractivity contribution in [3.05, 3.63) is 47.2 Å². The summed E-state index contributed by atoms with van der Waals surface area (Å²) in [6.07, 6.45) is 5.22. The molecule has 2 aliphatic rings. The first-order valence-corrected chi connectivity index (χ1v) is 6.43. The van der Waals surface area contributed by atoms with Crippen molar-refractivity contribution in [1.82, 2.24) is 15.0 Å². The number of anilines is 1. The van der Waals surface area contributed by atoms with Crippen LogP contribution in [-0.4, -0.2) is 31.9 Å². The summed E-state index contributed by atoms with van der Waals surface area (Å²) in [6, 6.07) is 1.59. The monoisotopic (exact) mass is 282 g/mol. The van der Waals surface area contributed by atoms with E-state index in [-0.39, 0.29) is 11.5 Å². The molecule has 0 fully saturated rings. The Kier molecular flexibility index (Phi) is 2.19. The van der Waals surface area contributed by atoms with Gasteiger partial charge in [0.05, 0.1) is 11.0 Å². The minimum Gasteiger partial charge on any atom is -0.478 e. The van der Waals surface area contributed by atoms with E-state index >= 15 is 0 Å². The molecule has 1 amide bonds. The predicted octanol–water partition coefficient (Wildman–Crippen LogP) is 0.558. The predicted molar refractivity (Wildman–Crippen MR) is 70.9 cm³/mol. The van der Waals surface area contributed by atoms with Gasteiger partial charge in [0, 0.05) is 30.1 Å². The highest BCUT2D eigenvalue weighted by Crippen LogP contribution is 2.45. The van der Waals surface area contributed by atoms with Crippen molar-refractivity contribution < 1.29 is 14.7 Å². The molecule has 1 unspecified atom stereocenters. The molecular weight excluding hydrogens is 272 g/mol. The molecule has 0 saturated heterocycles. The van der Waals surface area contributed by atoms with Gasteiger partial charge in [-0.05, 0) is 18.1 Å². The normalized spacial score (nSPS) is 22.0. The average molecular weight is 282 g/mol. The Morgan fingerprint density at radius 1 is 1.29 bits per heavy atom. The van der Waals surface area contributed by atoms with Crippen molar-refractivity contribution in [3.8, 4) is 0 Å². The lowest BCUT2D eigenvalue weighted by Crippen LogP contribution is -2.35. The quantitative estimate of drug-likeness (QED) is 0.791. The molecule has 0 bridgehead atoms. The lowest BCUT2D eigenvalue weighted by molar-refractivity contribution is -0.120. The lowest BCUT2D eigenvalue weighted by Gasteiger charge is -2.19. The summed E-state index contributed by atoms with van der Waals surface area (Å²) in [5.74, 6) is -0.625. The van der Waals surface area contributed by atoms with Crippen LogP contribution in [0.15, 0.2) is 24.8 Å². The number of nitrogens with one attached hydrogen (secondary N) is 1. The third-order valence-electron chi connectivity index (χ3n) is 4.16. The van der Waals surface area contributed by atoms with Crippen LogP contribution >= 0.6 is 0 Å². The number of aromatic nitrogens is 3. The van der Waals surface area contributed by atoms with Crippen molar-refractivity contribution in [2.75, 3.05) is 5.32 Å². The number of carbonyl (C=O) groups is 2. The molecule has 21 heavy (non-hydrogen) atoms. The second-order valence-corrected chi connectivity index (χ2v) is 5.31. The number of nitrogens with zero attached hydrogens (tertiary/aromatic N) is 3. The van der Waals surface area contributed by atoms with E-state index in [9.17, 15) is 9.59 Å². The molecule has 1 spiro atoms. The highest BCUT2D eigenvalue weighted by atomic mass is 16.4. The summed E-state index contributed by atoms with van der Waals surface area (Å²) in [4.78, 5) is 35.7. The number of hydrogen-bond donors (Lipinski definition) is 2. The van der Waals surface area contributed by atoms with Crippen molar-refractivity contribution in [1.29, 1.82) is 0 Å². The van der Waals surface area contributed by atoms with E-state index in [1.807, 2.05) is 0 Å². The van der Waals surface area contributed by atoms with Gasteiger partial charge in [0.15, 0.2) is 0 Å². The smallest absolute Gasteiger partial charge is 0.337 e. The third kappa shape index (κ3) is 1.51. The van der Waals surface area contributed by atoms with Crippen LogP contribution in [0.2, 0.25) is 0 Å². The van der Waals surface area contributed by atoms with Crippen LogP contribution in [0.1, 0.15) is 27.2 Å². The molecule has 2 aromatic rings. The van der Waals surface area contributed by atoms with Crippen molar-refractivity contribution in [3.63, 3.8) is 0 Å². The Morgan fingerprint density at radius 3 is 2.95 bits per heavy atom. The van der Waals surface area contributed by atoms with E-state index in [2.05, 4.69) is 20.3 Å². The number of hydrogen-bond acceptors (Lipinski definition) is 5. The minimum absolute atomic E-state index is 0.132. The first-order valence-electron chi connectivity index (χ1n) is 6.43. The van der Waals surface area contributed by atoms with Gasteiger partial charge in [-0.1, -0.05) is 0 Å². The third-order valence-corrected chi connectivity index (χ3v) is 4.16. The average Bonchev–Trinajstić information content (AvgIpc) is 2.98. The molecule has 7 heteroatoms. The van der Waals surface area contributed by atoms with Crippen LogP contribution in [-0.2, 0) is 23.1 Å². The van der Waals surface area contributed by atoms with E-state index in [0.717, 1.165) is 16.8 Å². The molecule has 7 nitrogen and oxygen atoms in total. The summed E-state index contributed by atoms with van der Waals surface area (Å²) in [6.45, 7) is 0. The molecule has 2 aromatic heterocycles.